The van der Waals surface area contributed by atoms with Gasteiger partial charge in [-0.2, -0.15) is 0 Å². The average Bonchev–Trinajstić information content (AvgIpc) is 2.94. The number of carboxylic acid groups (broad SMARTS) is 1. The van der Waals surface area contributed by atoms with E-state index in [1.54, 1.807) is 30.3 Å². The van der Waals surface area contributed by atoms with Gasteiger partial charge < -0.3 is 10.4 Å². The Balaban J connectivity index is 2.23. The second kappa shape index (κ2) is 6.74. The lowest BCUT2D eigenvalue weighted by molar-refractivity contribution is -0.139. The van der Waals surface area contributed by atoms with Crippen LogP contribution in [0.15, 0.2) is 36.4 Å². The molecule has 0 fully saturated rings. The van der Waals surface area contributed by atoms with Crippen molar-refractivity contribution in [1.82, 2.24) is 5.32 Å². The molecule has 0 bridgehead atoms. The van der Waals surface area contributed by atoms with Crippen LogP contribution in [0.3, 0.4) is 0 Å². The number of benzene rings is 1. The molecule has 2 aromatic rings. The average molecular weight is 324 g/mol. The molecule has 0 saturated heterocycles. The predicted octanol–water partition coefficient (Wildman–Crippen LogP) is 3.52. The molecule has 21 heavy (non-hydrogen) atoms. The Morgan fingerprint density at radius 2 is 2.00 bits per heavy atom. The highest BCUT2D eigenvalue weighted by Crippen LogP contribution is 2.24. The maximum absolute atomic E-state index is 12.2. The van der Waals surface area contributed by atoms with Gasteiger partial charge in [-0.15, -0.1) is 11.3 Å². The van der Waals surface area contributed by atoms with E-state index in [0.717, 1.165) is 11.3 Å². The maximum atomic E-state index is 12.2. The monoisotopic (exact) mass is 323 g/mol. The summed E-state index contributed by atoms with van der Waals surface area (Å²) in [7, 11) is 0. The standard InChI is InChI=1S/C15H14ClNO3S/c1-2-9-7-8-12(21-9)14(18)17-13(15(19)20)10-5-3-4-6-11(10)16/h3-8,13H,2H2,1H3,(H,17,18)(H,19,20)/t13-/m1/s1. The first-order chi connectivity index (χ1) is 10.0. The molecular weight excluding hydrogens is 310 g/mol. The summed E-state index contributed by atoms with van der Waals surface area (Å²) < 4.78 is 0. The summed E-state index contributed by atoms with van der Waals surface area (Å²) in [5.41, 5.74) is 0.368. The van der Waals surface area contributed by atoms with E-state index in [0.29, 0.717) is 15.5 Å². The number of rotatable bonds is 5. The molecule has 1 aromatic carbocycles. The maximum Gasteiger partial charge on any atom is 0.330 e. The Labute approximate surface area is 131 Å². The van der Waals surface area contributed by atoms with Crippen LogP contribution in [0.2, 0.25) is 5.02 Å². The van der Waals surface area contributed by atoms with Crippen molar-refractivity contribution in [2.24, 2.45) is 0 Å². The predicted molar refractivity (Wildman–Crippen MR) is 83.0 cm³/mol. The van der Waals surface area contributed by atoms with Crippen LogP contribution >= 0.6 is 22.9 Å². The Kier molecular flexibility index (Phi) is 4.98. The molecule has 0 radical (unpaired) electrons. The van der Waals surface area contributed by atoms with E-state index in [2.05, 4.69) is 5.32 Å². The summed E-state index contributed by atoms with van der Waals surface area (Å²) >= 11 is 7.36. The van der Waals surface area contributed by atoms with E-state index in [4.69, 9.17) is 11.6 Å². The van der Waals surface area contributed by atoms with Gasteiger partial charge in [-0.1, -0.05) is 36.7 Å². The summed E-state index contributed by atoms with van der Waals surface area (Å²) in [6.07, 6.45) is 0.838. The Bertz CT molecular complexity index is 668. The van der Waals surface area contributed by atoms with Crippen LogP contribution in [0.25, 0.3) is 0 Å². The lowest BCUT2D eigenvalue weighted by atomic mass is 10.1. The van der Waals surface area contributed by atoms with Crippen molar-refractivity contribution >= 4 is 34.8 Å². The van der Waals surface area contributed by atoms with E-state index in [1.807, 2.05) is 13.0 Å². The van der Waals surface area contributed by atoms with Crippen LogP contribution in [0, 0.1) is 0 Å². The molecule has 1 aromatic heterocycles. The molecule has 0 spiro atoms. The van der Waals surface area contributed by atoms with Crippen LogP contribution < -0.4 is 5.32 Å². The third-order valence-corrected chi connectivity index (χ3v) is 4.55. The van der Waals surface area contributed by atoms with Crippen molar-refractivity contribution in [2.75, 3.05) is 0 Å². The van der Waals surface area contributed by atoms with Gasteiger partial charge in [0.15, 0.2) is 6.04 Å². The van der Waals surface area contributed by atoms with E-state index in [9.17, 15) is 14.7 Å². The van der Waals surface area contributed by atoms with Gasteiger partial charge >= 0.3 is 5.97 Å². The van der Waals surface area contributed by atoms with Crippen LogP contribution in [-0.4, -0.2) is 17.0 Å². The minimum atomic E-state index is -1.17. The minimum absolute atomic E-state index is 0.311. The van der Waals surface area contributed by atoms with E-state index in [1.165, 1.54) is 11.3 Å². The second-order valence-corrected chi connectivity index (χ2v) is 5.96. The highest BCUT2D eigenvalue weighted by atomic mass is 35.5. The summed E-state index contributed by atoms with van der Waals surface area (Å²) in [5.74, 6) is -1.56. The summed E-state index contributed by atoms with van der Waals surface area (Å²) in [6.45, 7) is 2.00. The first-order valence-electron chi connectivity index (χ1n) is 6.39. The summed E-state index contributed by atoms with van der Waals surface area (Å²) in [4.78, 5) is 25.1. The van der Waals surface area contributed by atoms with Crippen LogP contribution in [0.5, 0.6) is 0 Å². The SMILES string of the molecule is CCc1ccc(C(=O)N[C@@H](C(=O)O)c2ccccc2Cl)s1. The lowest BCUT2D eigenvalue weighted by Crippen LogP contribution is -2.33. The molecule has 2 N–H and O–H groups in total. The van der Waals surface area contributed by atoms with Crippen molar-refractivity contribution in [2.45, 2.75) is 19.4 Å². The zero-order chi connectivity index (χ0) is 15.4. The van der Waals surface area contributed by atoms with E-state index < -0.39 is 17.9 Å². The van der Waals surface area contributed by atoms with E-state index in [-0.39, 0.29) is 0 Å². The van der Waals surface area contributed by atoms with Gasteiger partial charge in [-0.3, -0.25) is 4.79 Å². The van der Waals surface area contributed by atoms with Gasteiger partial charge in [0.1, 0.15) is 0 Å². The molecule has 1 atom stereocenters. The number of carbonyl (C=O) groups is 2. The number of aryl methyl sites for hydroxylation is 1. The Morgan fingerprint density at radius 1 is 1.29 bits per heavy atom. The topological polar surface area (TPSA) is 66.4 Å². The normalized spacial score (nSPS) is 11.9. The van der Waals surface area contributed by atoms with E-state index >= 15 is 0 Å². The summed E-state index contributed by atoms with van der Waals surface area (Å²) in [5, 5.41) is 12.2. The van der Waals surface area contributed by atoms with Gasteiger partial charge in [0.05, 0.1) is 4.88 Å². The van der Waals surface area contributed by atoms with Gasteiger partial charge in [0.2, 0.25) is 0 Å². The number of nitrogens with one attached hydrogen (secondary N) is 1. The molecule has 4 nitrogen and oxygen atoms in total. The fourth-order valence-electron chi connectivity index (χ4n) is 1.87. The molecule has 0 aliphatic rings. The van der Waals surface area contributed by atoms with Crippen LogP contribution in [0.4, 0.5) is 0 Å². The Morgan fingerprint density at radius 3 is 2.57 bits per heavy atom. The van der Waals surface area contributed by atoms with Crippen molar-refractivity contribution in [3.05, 3.63) is 56.7 Å². The van der Waals surface area contributed by atoms with Gasteiger partial charge in [0.25, 0.3) is 5.91 Å². The molecule has 6 heteroatoms. The number of hydrogen-bond donors (Lipinski definition) is 2. The number of hydrogen-bond acceptors (Lipinski definition) is 3. The number of aliphatic carboxylic acids is 1. The smallest absolute Gasteiger partial charge is 0.330 e. The number of carboxylic acids is 1. The molecule has 110 valence electrons. The number of carbonyl (C=O) groups excluding carboxylic acids is 1. The quantitative estimate of drug-likeness (QED) is 0.884. The number of thiophene rings is 1. The van der Waals surface area contributed by atoms with Gasteiger partial charge in [0, 0.05) is 15.5 Å². The minimum Gasteiger partial charge on any atom is -0.479 e. The summed E-state index contributed by atoms with van der Waals surface area (Å²) in [6, 6.07) is 8.98. The molecule has 2 rings (SSSR count). The van der Waals surface area contributed by atoms with Gasteiger partial charge in [-0.25, -0.2) is 4.79 Å². The largest absolute Gasteiger partial charge is 0.479 e. The molecule has 0 aliphatic carbocycles. The third-order valence-electron chi connectivity index (χ3n) is 2.97. The third kappa shape index (κ3) is 3.62. The zero-order valence-corrected chi connectivity index (χ0v) is 12.9. The second-order valence-electron chi connectivity index (χ2n) is 4.39. The lowest BCUT2D eigenvalue weighted by Gasteiger charge is -2.15. The first-order valence-corrected chi connectivity index (χ1v) is 7.59. The zero-order valence-electron chi connectivity index (χ0n) is 11.3. The van der Waals surface area contributed by atoms with Gasteiger partial charge in [-0.05, 0) is 24.6 Å². The number of halogens is 1. The van der Waals surface area contributed by atoms with Crippen molar-refractivity contribution in [3.63, 3.8) is 0 Å². The number of amides is 1. The fourth-order valence-corrected chi connectivity index (χ4v) is 2.97. The van der Waals surface area contributed by atoms with Crippen molar-refractivity contribution in [3.8, 4) is 0 Å². The molecule has 0 saturated carbocycles. The molecule has 0 unspecified atom stereocenters. The Hall–Kier alpha value is -1.85. The molecule has 0 aliphatic heterocycles. The molecular formula is C15H14ClNO3S. The highest BCUT2D eigenvalue weighted by molar-refractivity contribution is 7.14. The first kappa shape index (κ1) is 15.5. The molecule has 1 amide bonds. The van der Waals surface area contributed by atoms with Crippen LogP contribution in [0.1, 0.15) is 33.1 Å². The highest BCUT2D eigenvalue weighted by Gasteiger charge is 2.25. The van der Waals surface area contributed by atoms with Crippen LogP contribution in [-0.2, 0) is 11.2 Å². The van der Waals surface area contributed by atoms with Crippen molar-refractivity contribution in [1.29, 1.82) is 0 Å². The van der Waals surface area contributed by atoms with Crippen molar-refractivity contribution < 1.29 is 14.7 Å². The fraction of sp³-hybridized carbons (Fsp3) is 0.200. The molecule has 1 heterocycles.